The largest absolute Gasteiger partial charge is 0.422 e. The van der Waals surface area contributed by atoms with Crippen LogP contribution in [0.3, 0.4) is 0 Å². The van der Waals surface area contributed by atoms with Crippen LogP contribution in [0.25, 0.3) is 0 Å². The molecule has 0 heterocycles. The molecule has 0 spiro atoms. The normalized spacial score (nSPS) is 11.0. The molecule has 0 unspecified atom stereocenters. The van der Waals surface area contributed by atoms with Crippen LogP contribution in [0.2, 0.25) is 6.55 Å². The highest BCUT2D eigenvalue weighted by Crippen LogP contribution is 1.63. The molecule has 0 aliphatic carbocycles. The smallest absolute Gasteiger partial charge is 0.158 e. The Hall–Kier alpha value is 0.137. The minimum absolute atomic E-state index is 0.167. The summed E-state index contributed by atoms with van der Waals surface area (Å²) in [6.07, 6.45) is 0. The molecular formula is C3H10O2Si. The van der Waals surface area contributed by atoms with Gasteiger partial charge in [-0.25, -0.2) is 0 Å². The fraction of sp³-hybridized carbons (Fsp3) is 1.00. The van der Waals surface area contributed by atoms with E-state index in [1.54, 1.807) is 0 Å². The molecule has 0 saturated carbocycles. The molecule has 0 aliphatic heterocycles. The zero-order chi connectivity index (χ0) is 4.83. The minimum Gasteiger partial charge on any atom is -0.422 e. The van der Waals surface area contributed by atoms with Gasteiger partial charge < -0.3 is 9.53 Å². The van der Waals surface area contributed by atoms with E-state index in [0.29, 0.717) is 6.61 Å². The second kappa shape index (κ2) is 5.14. The molecule has 0 aliphatic rings. The van der Waals surface area contributed by atoms with Crippen LogP contribution in [0.4, 0.5) is 0 Å². The summed E-state index contributed by atoms with van der Waals surface area (Å²) in [5.74, 6) is 0. The lowest BCUT2D eigenvalue weighted by Gasteiger charge is -1.91. The highest BCUT2D eigenvalue weighted by Gasteiger charge is 1.74. The Morgan fingerprint density at radius 1 is 1.83 bits per heavy atom. The van der Waals surface area contributed by atoms with Crippen LogP contribution in [-0.4, -0.2) is 28.1 Å². The van der Waals surface area contributed by atoms with Crippen molar-refractivity contribution in [3.63, 3.8) is 0 Å². The fourth-order valence-electron chi connectivity index (χ4n) is 0.209. The number of rotatable bonds is 3. The Morgan fingerprint density at radius 3 is 2.67 bits per heavy atom. The van der Waals surface area contributed by atoms with Gasteiger partial charge in [-0.3, -0.25) is 0 Å². The van der Waals surface area contributed by atoms with E-state index in [4.69, 9.17) is 9.53 Å². The maximum absolute atomic E-state index is 8.09. The van der Waals surface area contributed by atoms with Gasteiger partial charge in [-0.05, 0) is 0 Å². The van der Waals surface area contributed by atoms with Crippen molar-refractivity contribution in [2.45, 2.75) is 6.55 Å². The lowest BCUT2D eigenvalue weighted by Crippen LogP contribution is -1.99. The van der Waals surface area contributed by atoms with Gasteiger partial charge in [-0.2, -0.15) is 0 Å². The Kier molecular flexibility index (Phi) is 5.25. The molecule has 0 amide bonds. The molecule has 0 aromatic rings. The van der Waals surface area contributed by atoms with Crippen LogP contribution < -0.4 is 0 Å². The maximum atomic E-state index is 8.09. The summed E-state index contributed by atoms with van der Waals surface area (Å²) >= 11 is 0. The van der Waals surface area contributed by atoms with E-state index in [-0.39, 0.29) is 16.4 Å². The molecule has 1 N–H and O–H groups in total. The summed E-state index contributed by atoms with van der Waals surface area (Å²) in [5, 5.41) is 8.09. The molecule has 6 heavy (non-hydrogen) atoms. The van der Waals surface area contributed by atoms with Crippen molar-refractivity contribution in [2.75, 3.05) is 13.2 Å². The Bertz CT molecular complexity index is 20.8. The first kappa shape index (κ1) is 6.14. The van der Waals surface area contributed by atoms with Crippen LogP contribution in [0, 0.1) is 0 Å². The molecule has 0 aromatic carbocycles. The summed E-state index contributed by atoms with van der Waals surface area (Å²) in [7, 11) is -0.257. The van der Waals surface area contributed by atoms with E-state index in [1.165, 1.54) is 0 Å². The molecule has 3 heteroatoms. The van der Waals surface area contributed by atoms with Gasteiger partial charge in [0.2, 0.25) is 0 Å². The van der Waals surface area contributed by atoms with Crippen molar-refractivity contribution in [1.82, 2.24) is 0 Å². The van der Waals surface area contributed by atoms with Crippen molar-refractivity contribution in [1.29, 1.82) is 0 Å². The summed E-state index contributed by atoms with van der Waals surface area (Å²) < 4.78 is 4.87. The molecule has 0 rings (SSSR count). The first-order valence-electron chi connectivity index (χ1n) is 2.10. The lowest BCUT2D eigenvalue weighted by atomic mass is 10.8. The van der Waals surface area contributed by atoms with Gasteiger partial charge in [0, 0.05) is 0 Å². The van der Waals surface area contributed by atoms with Gasteiger partial charge in [0.15, 0.2) is 9.76 Å². The average Bonchev–Trinajstić information content (AvgIpc) is 1.61. The van der Waals surface area contributed by atoms with E-state index in [9.17, 15) is 0 Å². The monoisotopic (exact) mass is 106 g/mol. The van der Waals surface area contributed by atoms with Gasteiger partial charge in [0.05, 0.1) is 13.2 Å². The van der Waals surface area contributed by atoms with Crippen molar-refractivity contribution in [2.24, 2.45) is 0 Å². The van der Waals surface area contributed by atoms with Crippen LogP contribution in [0.1, 0.15) is 0 Å². The third-order valence-electron chi connectivity index (χ3n) is 0.440. The summed E-state index contributed by atoms with van der Waals surface area (Å²) in [4.78, 5) is 0. The van der Waals surface area contributed by atoms with Gasteiger partial charge in [0.1, 0.15) is 0 Å². The van der Waals surface area contributed by atoms with E-state index >= 15 is 0 Å². The van der Waals surface area contributed by atoms with Crippen LogP contribution in [0.5, 0.6) is 0 Å². The highest BCUT2D eigenvalue weighted by atomic mass is 28.2. The fourth-order valence-corrected chi connectivity index (χ4v) is 0.627. The Balaban J connectivity index is 2.34. The number of hydrogen-bond donors (Lipinski definition) is 1. The van der Waals surface area contributed by atoms with Crippen molar-refractivity contribution >= 4 is 9.76 Å². The molecule has 0 radical (unpaired) electrons. The van der Waals surface area contributed by atoms with E-state index in [1.807, 2.05) is 6.55 Å². The number of aliphatic hydroxyl groups is 1. The molecule has 0 aromatic heterocycles. The molecule has 0 atom stereocenters. The number of aliphatic hydroxyl groups excluding tert-OH is 1. The van der Waals surface area contributed by atoms with Crippen LogP contribution in [-0.2, 0) is 4.43 Å². The second-order valence-corrected chi connectivity index (χ2v) is 1.91. The van der Waals surface area contributed by atoms with E-state index < -0.39 is 0 Å². The van der Waals surface area contributed by atoms with Crippen molar-refractivity contribution in [3.8, 4) is 0 Å². The zero-order valence-corrected chi connectivity index (χ0v) is 5.39. The first-order valence-corrected chi connectivity index (χ1v) is 4.09. The SMILES string of the molecule is C[SiH2]OCCO. The molecule has 2 nitrogen and oxygen atoms in total. The van der Waals surface area contributed by atoms with Crippen LogP contribution in [0.15, 0.2) is 0 Å². The predicted octanol–water partition coefficient (Wildman–Crippen LogP) is -0.873. The lowest BCUT2D eigenvalue weighted by molar-refractivity contribution is 0.208. The highest BCUT2D eigenvalue weighted by molar-refractivity contribution is 6.24. The molecular weight excluding hydrogens is 96.1 g/mol. The zero-order valence-electron chi connectivity index (χ0n) is 3.98. The Morgan fingerprint density at radius 2 is 2.50 bits per heavy atom. The second-order valence-electron chi connectivity index (χ2n) is 0.921. The molecule has 38 valence electrons. The first-order chi connectivity index (χ1) is 2.91. The standard InChI is InChI=1S/C3H10O2Si/c1-6-5-3-2-4/h4H,2-3,6H2,1H3. The van der Waals surface area contributed by atoms with E-state index in [0.717, 1.165) is 0 Å². The summed E-state index contributed by atoms with van der Waals surface area (Å²) in [5.41, 5.74) is 0. The summed E-state index contributed by atoms with van der Waals surface area (Å²) in [6.45, 7) is 2.74. The van der Waals surface area contributed by atoms with Crippen molar-refractivity contribution in [3.05, 3.63) is 0 Å². The van der Waals surface area contributed by atoms with Crippen LogP contribution >= 0.6 is 0 Å². The van der Waals surface area contributed by atoms with Gasteiger partial charge in [0.25, 0.3) is 0 Å². The topological polar surface area (TPSA) is 29.5 Å². The molecule has 0 bridgehead atoms. The van der Waals surface area contributed by atoms with Gasteiger partial charge >= 0.3 is 0 Å². The van der Waals surface area contributed by atoms with Gasteiger partial charge in [-0.15, -0.1) is 0 Å². The third kappa shape index (κ3) is 4.14. The average molecular weight is 106 g/mol. The predicted molar refractivity (Wildman–Crippen MR) is 27.4 cm³/mol. The molecule has 0 saturated heterocycles. The van der Waals surface area contributed by atoms with Gasteiger partial charge in [-0.1, -0.05) is 6.55 Å². The minimum atomic E-state index is -0.257. The quantitative estimate of drug-likeness (QED) is 0.374. The van der Waals surface area contributed by atoms with Crippen molar-refractivity contribution < 1.29 is 9.53 Å². The van der Waals surface area contributed by atoms with E-state index in [2.05, 4.69) is 0 Å². The maximum Gasteiger partial charge on any atom is 0.158 e. The molecule has 0 fully saturated rings. The Labute approximate surface area is 40.1 Å². The summed E-state index contributed by atoms with van der Waals surface area (Å²) in [6, 6.07) is 0. The third-order valence-corrected chi connectivity index (χ3v) is 1.14. The number of hydrogen-bond acceptors (Lipinski definition) is 2.